The lowest BCUT2D eigenvalue weighted by Crippen LogP contribution is -1.97. The molecule has 0 amide bonds. The molecular weight excluding hydrogens is 174 g/mol. The second kappa shape index (κ2) is 3.46. The monoisotopic (exact) mass is 184 g/mol. The first-order valence-electron chi connectivity index (χ1n) is 4.33. The van der Waals surface area contributed by atoms with E-state index in [0.29, 0.717) is 5.95 Å². The molecular formula is C11H10N3. The third kappa shape index (κ3) is 1.57. The van der Waals surface area contributed by atoms with Gasteiger partial charge in [-0.3, -0.25) is 0 Å². The largest absolute Gasteiger partial charge is 0.368 e. The first-order valence-corrected chi connectivity index (χ1v) is 4.33. The Bertz CT molecular complexity index is 438. The van der Waals surface area contributed by atoms with Crippen molar-refractivity contribution in [3.63, 3.8) is 0 Å². The summed E-state index contributed by atoms with van der Waals surface area (Å²) in [5.41, 5.74) is 8.47. The number of hydrogen-bond acceptors (Lipinski definition) is 3. The fourth-order valence-electron chi connectivity index (χ4n) is 1.29. The molecule has 0 unspecified atom stereocenters. The van der Waals surface area contributed by atoms with E-state index < -0.39 is 0 Å². The van der Waals surface area contributed by atoms with Gasteiger partial charge in [0.1, 0.15) is 0 Å². The maximum atomic E-state index is 5.53. The number of nitrogens with two attached hydrogens (primary N) is 1. The summed E-state index contributed by atoms with van der Waals surface area (Å²) in [5.74, 6) is 0.304. The second-order valence-electron chi connectivity index (χ2n) is 3.05. The van der Waals surface area contributed by atoms with Crippen molar-refractivity contribution in [3.05, 3.63) is 42.1 Å². The van der Waals surface area contributed by atoms with Gasteiger partial charge in [-0.05, 0) is 18.6 Å². The van der Waals surface area contributed by atoms with Crippen LogP contribution in [0.5, 0.6) is 0 Å². The Balaban J connectivity index is 2.57. The summed E-state index contributed by atoms with van der Waals surface area (Å²) >= 11 is 0. The first-order chi connectivity index (χ1) is 6.77. The molecule has 1 aromatic heterocycles. The predicted octanol–water partition coefficient (Wildman–Crippen LogP) is 1.83. The zero-order valence-electron chi connectivity index (χ0n) is 7.86. The number of nitrogen functional groups attached to an aromatic ring is 1. The van der Waals surface area contributed by atoms with Gasteiger partial charge in [-0.25, -0.2) is 9.97 Å². The van der Waals surface area contributed by atoms with E-state index in [2.05, 4.69) is 16.0 Å². The lowest BCUT2D eigenvalue weighted by atomic mass is 10.1. The van der Waals surface area contributed by atoms with Crippen LogP contribution in [0.3, 0.4) is 0 Å². The van der Waals surface area contributed by atoms with Crippen LogP contribution in [0.1, 0.15) is 5.56 Å². The molecule has 0 saturated heterocycles. The normalized spacial score (nSPS) is 10.1. The van der Waals surface area contributed by atoms with Crippen molar-refractivity contribution < 1.29 is 0 Å². The van der Waals surface area contributed by atoms with E-state index in [1.165, 1.54) is 0 Å². The van der Waals surface area contributed by atoms with Crippen LogP contribution in [0.2, 0.25) is 0 Å². The summed E-state index contributed by atoms with van der Waals surface area (Å²) in [5, 5.41) is 0. The topological polar surface area (TPSA) is 51.8 Å². The van der Waals surface area contributed by atoms with Crippen LogP contribution in [-0.2, 0) is 0 Å². The molecule has 3 heteroatoms. The zero-order valence-corrected chi connectivity index (χ0v) is 7.86. The molecule has 2 rings (SSSR count). The van der Waals surface area contributed by atoms with Gasteiger partial charge in [-0.2, -0.15) is 0 Å². The van der Waals surface area contributed by atoms with Gasteiger partial charge >= 0.3 is 0 Å². The van der Waals surface area contributed by atoms with E-state index in [-0.39, 0.29) is 0 Å². The van der Waals surface area contributed by atoms with Gasteiger partial charge < -0.3 is 5.73 Å². The molecule has 0 fully saturated rings. The Morgan fingerprint density at radius 2 is 2.00 bits per heavy atom. The molecule has 0 saturated carbocycles. The van der Waals surface area contributed by atoms with Crippen LogP contribution in [0.15, 0.2) is 30.5 Å². The fraction of sp³-hybridized carbons (Fsp3) is 0.0909. The van der Waals surface area contributed by atoms with Crippen LogP contribution in [-0.4, -0.2) is 9.97 Å². The number of aromatic nitrogens is 2. The predicted molar refractivity (Wildman–Crippen MR) is 55.5 cm³/mol. The number of nitrogens with zero attached hydrogens (tertiary/aromatic N) is 2. The van der Waals surface area contributed by atoms with Gasteiger partial charge in [0.2, 0.25) is 5.95 Å². The minimum absolute atomic E-state index is 0.304. The highest BCUT2D eigenvalue weighted by molar-refractivity contribution is 5.62. The molecule has 0 aliphatic heterocycles. The van der Waals surface area contributed by atoms with Gasteiger partial charge in [0.25, 0.3) is 0 Å². The number of hydrogen-bond donors (Lipinski definition) is 1. The van der Waals surface area contributed by atoms with Gasteiger partial charge in [-0.1, -0.05) is 24.3 Å². The minimum Gasteiger partial charge on any atom is -0.368 e. The Hall–Kier alpha value is -1.90. The van der Waals surface area contributed by atoms with Crippen molar-refractivity contribution in [1.82, 2.24) is 9.97 Å². The van der Waals surface area contributed by atoms with Crippen molar-refractivity contribution in [2.75, 3.05) is 5.73 Å². The average Bonchev–Trinajstić information content (AvgIpc) is 2.23. The molecule has 3 nitrogen and oxygen atoms in total. The average molecular weight is 184 g/mol. The van der Waals surface area contributed by atoms with E-state index in [1.807, 2.05) is 31.2 Å². The Morgan fingerprint density at radius 1 is 1.29 bits per heavy atom. The van der Waals surface area contributed by atoms with Crippen LogP contribution < -0.4 is 5.73 Å². The molecule has 0 atom stereocenters. The molecule has 14 heavy (non-hydrogen) atoms. The number of rotatable bonds is 1. The van der Waals surface area contributed by atoms with Gasteiger partial charge in [0, 0.05) is 11.8 Å². The smallest absolute Gasteiger partial charge is 0.220 e. The highest BCUT2D eigenvalue weighted by Crippen LogP contribution is 2.19. The molecule has 1 radical (unpaired) electrons. The van der Waals surface area contributed by atoms with E-state index in [1.54, 1.807) is 6.20 Å². The van der Waals surface area contributed by atoms with Crippen molar-refractivity contribution in [2.45, 2.75) is 6.92 Å². The maximum absolute atomic E-state index is 5.53. The third-order valence-corrected chi connectivity index (χ3v) is 1.98. The molecule has 0 aliphatic rings. The van der Waals surface area contributed by atoms with Crippen molar-refractivity contribution in [1.29, 1.82) is 0 Å². The summed E-state index contributed by atoms with van der Waals surface area (Å²) in [7, 11) is 0. The third-order valence-electron chi connectivity index (χ3n) is 1.98. The lowest BCUT2D eigenvalue weighted by molar-refractivity contribution is 1.15. The SMILES string of the molecule is Cc1cnc(N)nc1-c1cc[c]cc1. The number of anilines is 1. The Morgan fingerprint density at radius 3 is 2.71 bits per heavy atom. The molecule has 0 bridgehead atoms. The first kappa shape index (κ1) is 8.69. The summed E-state index contributed by atoms with van der Waals surface area (Å²) in [4.78, 5) is 8.12. The van der Waals surface area contributed by atoms with E-state index in [4.69, 9.17) is 5.73 Å². The molecule has 2 aromatic rings. The van der Waals surface area contributed by atoms with Gasteiger partial charge in [0.05, 0.1) is 5.69 Å². The zero-order chi connectivity index (χ0) is 9.97. The molecule has 1 heterocycles. The molecule has 69 valence electrons. The quantitative estimate of drug-likeness (QED) is 0.735. The van der Waals surface area contributed by atoms with E-state index in [0.717, 1.165) is 16.8 Å². The Labute approximate surface area is 82.6 Å². The molecule has 1 aromatic carbocycles. The van der Waals surface area contributed by atoms with Crippen LogP contribution in [0.4, 0.5) is 5.95 Å². The van der Waals surface area contributed by atoms with Crippen molar-refractivity contribution in [3.8, 4) is 11.3 Å². The second-order valence-corrected chi connectivity index (χ2v) is 3.05. The van der Waals surface area contributed by atoms with Gasteiger partial charge in [0.15, 0.2) is 0 Å². The fourth-order valence-corrected chi connectivity index (χ4v) is 1.29. The highest BCUT2D eigenvalue weighted by Gasteiger charge is 2.03. The summed E-state index contributed by atoms with van der Waals surface area (Å²) in [6.45, 7) is 1.96. The number of benzene rings is 1. The Kier molecular flexibility index (Phi) is 2.14. The standard InChI is InChI=1S/C11H10N3/c1-8-7-13-11(12)14-10(8)9-5-3-2-4-6-9/h3-7H,1H3,(H2,12,13,14). The maximum Gasteiger partial charge on any atom is 0.220 e. The highest BCUT2D eigenvalue weighted by atomic mass is 15.0. The van der Waals surface area contributed by atoms with E-state index in [9.17, 15) is 0 Å². The van der Waals surface area contributed by atoms with E-state index >= 15 is 0 Å². The molecule has 2 N–H and O–H groups in total. The van der Waals surface area contributed by atoms with Crippen molar-refractivity contribution in [2.24, 2.45) is 0 Å². The summed E-state index contributed by atoms with van der Waals surface area (Å²) < 4.78 is 0. The van der Waals surface area contributed by atoms with Crippen LogP contribution >= 0.6 is 0 Å². The lowest BCUT2D eigenvalue weighted by Gasteiger charge is -2.04. The van der Waals surface area contributed by atoms with Gasteiger partial charge in [-0.15, -0.1) is 0 Å². The number of aryl methyl sites for hydroxylation is 1. The van der Waals surface area contributed by atoms with Crippen LogP contribution in [0.25, 0.3) is 11.3 Å². The molecule has 0 spiro atoms. The summed E-state index contributed by atoms with van der Waals surface area (Å²) in [6, 6.07) is 10.6. The van der Waals surface area contributed by atoms with Crippen LogP contribution in [0, 0.1) is 13.0 Å². The summed E-state index contributed by atoms with van der Waals surface area (Å²) in [6.07, 6.45) is 1.73. The molecule has 0 aliphatic carbocycles. The van der Waals surface area contributed by atoms with Crippen molar-refractivity contribution >= 4 is 5.95 Å². The minimum atomic E-state index is 0.304.